The molecule has 0 aliphatic carbocycles. The van der Waals surface area contributed by atoms with Crippen molar-refractivity contribution < 1.29 is 19.1 Å². The summed E-state index contributed by atoms with van der Waals surface area (Å²) in [7, 11) is 0. The van der Waals surface area contributed by atoms with Crippen LogP contribution in [0, 0.1) is 5.82 Å². The summed E-state index contributed by atoms with van der Waals surface area (Å²) in [5.41, 5.74) is 13.4. The van der Waals surface area contributed by atoms with Gasteiger partial charge in [0.15, 0.2) is 0 Å². The van der Waals surface area contributed by atoms with Gasteiger partial charge in [-0.2, -0.15) is 0 Å². The summed E-state index contributed by atoms with van der Waals surface area (Å²) < 4.78 is 13.3. The number of rotatable bonds is 5. The molecule has 0 saturated heterocycles. The lowest BCUT2D eigenvalue weighted by Crippen LogP contribution is -2.39. The minimum atomic E-state index is -1.32. The molecule has 0 bridgehead atoms. The molecule has 0 atom stereocenters. The second-order valence-corrected chi connectivity index (χ2v) is 6.47. The first-order valence-corrected chi connectivity index (χ1v) is 8.61. The van der Waals surface area contributed by atoms with Crippen LogP contribution in [-0.4, -0.2) is 21.9 Å². The smallest absolute Gasteiger partial charge is 0.267 e. The minimum Gasteiger partial charge on any atom is -0.543 e. The van der Waals surface area contributed by atoms with E-state index in [9.17, 15) is 19.1 Å². The number of carbonyl (C=O) groups is 2. The maximum Gasteiger partial charge on any atom is 0.267 e. The fraction of sp³-hybridized carbons (Fsp3) is 0.0500. The van der Waals surface area contributed by atoms with E-state index in [2.05, 4.69) is 15.9 Å². The normalized spacial score (nSPS) is 13.3. The largest absolute Gasteiger partial charge is 0.543 e. The Morgan fingerprint density at radius 3 is 2.55 bits per heavy atom. The molecule has 4 rings (SSSR count). The number of fused-ring (bicyclic) bond motifs is 1. The molecule has 2 heterocycles. The van der Waals surface area contributed by atoms with Gasteiger partial charge in [-0.1, -0.05) is 24.3 Å². The highest BCUT2D eigenvalue weighted by atomic mass is 19.1. The quantitative estimate of drug-likeness (QED) is 0.580. The number of benzene rings is 2. The minimum absolute atomic E-state index is 0.0847. The Kier molecular flexibility index (Phi) is 4.57. The number of aromatic nitrogens is 1. The van der Waals surface area contributed by atoms with E-state index >= 15 is 0 Å². The van der Waals surface area contributed by atoms with E-state index in [4.69, 9.17) is 5.73 Å². The zero-order valence-corrected chi connectivity index (χ0v) is 15.0. The van der Waals surface area contributed by atoms with E-state index in [1.807, 2.05) is 12.1 Å². The third-order valence-electron chi connectivity index (χ3n) is 4.47. The molecule has 8 nitrogen and oxygen atoms in total. The highest BCUT2D eigenvalue weighted by molar-refractivity contribution is 6.00. The maximum atomic E-state index is 13.3. The first-order valence-electron chi connectivity index (χ1n) is 8.61. The van der Waals surface area contributed by atoms with Gasteiger partial charge in [-0.3, -0.25) is 9.80 Å². The van der Waals surface area contributed by atoms with E-state index in [1.54, 1.807) is 24.3 Å². The molecular weight excluding hydrogens is 377 g/mol. The van der Waals surface area contributed by atoms with Crippen LogP contribution in [0.3, 0.4) is 0 Å². The Hall–Kier alpha value is -3.98. The Bertz CT molecular complexity index is 1160. The second-order valence-electron chi connectivity index (χ2n) is 6.47. The van der Waals surface area contributed by atoms with Gasteiger partial charge in [0.2, 0.25) is 0 Å². The molecule has 29 heavy (non-hydrogen) atoms. The fourth-order valence-corrected chi connectivity index (χ4v) is 3.10. The second kappa shape index (κ2) is 7.21. The van der Waals surface area contributed by atoms with Crippen molar-refractivity contribution in [2.75, 3.05) is 0 Å². The lowest BCUT2D eigenvalue weighted by Gasteiger charge is -2.16. The topological polar surface area (TPSA) is 123 Å². The Morgan fingerprint density at radius 1 is 1.14 bits per heavy atom. The van der Waals surface area contributed by atoms with Gasteiger partial charge in [-0.15, -0.1) is 5.53 Å². The van der Waals surface area contributed by atoms with Crippen LogP contribution in [0.25, 0.3) is 22.0 Å². The predicted octanol–water partition coefficient (Wildman–Crippen LogP) is 0.556. The fourth-order valence-electron chi connectivity index (χ4n) is 3.10. The number of amides is 1. The van der Waals surface area contributed by atoms with Crippen LogP contribution in [-0.2, 0) is 11.3 Å². The Morgan fingerprint density at radius 2 is 1.90 bits per heavy atom. The highest BCUT2D eigenvalue weighted by Gasteiger charge is 2.15. The van der Waals surface area contributed by atoms with Crippen LogP contribution in [0.1, 0.15) is 16.1 Å². The first-order chi connectivity index (χ1) is 13.9. The first kappa shape index (κ1) is 18.4. The van der Waals surface area contributed by atoms with Crippen molar-refractivity contribution in [3.8, 4) is 11.1 Å². The molecule has 1 aromatic heterocycles. The Balaban J connectivity index is 1.75. The van der Waals surface area contributed by atoms with Crippen LogP contribution in [0.4, 0.5) is 4.39 Å². The summed E-state index contributed by atoms with van der Waals surface area (Å²) in [4.78, 5) is 27.0. The van der Waals surface area contributed by atoms with Crippen molar-refractivity contribution in [2.45, 2.75) is 6.54 Å². The van der Waals surface area contributed by atoms with Gasteiger partial charge in [0.1, 0.15) is 11.5 Å². The van der Waals surface area contributed by atoms with Crippen molar-refractivity contribution in [2.24, 2.45) is 5.73 Å². The molecule has 2 aromatic carbocycles. The van der Waals surface area contributed by atoms with Gasteiger partial charge in [-0.25, -0.2) is 9.37 Å². The summed E-state index contributed by atoms with van der Waals surface area (Å²) in [5.74, 6) is -2.36. The van der Waals surface area contributed by atoms with E-state index in [0.29, 0.717) is 17.6 Å². The lowest BCUT2D eigenvalue weighted by molar-refractivity contribution is -0.299. The van der Waals surface area contributed by atoms with E-state index in [1.165, 1.54) is 23.3 Å². The molecule has 3 aromatic rings. The third kappa shape index (κ3) is 3.71. The molecule has 0 unspecified atom stereocenters. The van der Waals surface area contributed by atoms with Gasteiger partial charge in [0.05, 0.1) is 23.7 Å². The van der Waals surface area contributed by atoms with Crippen molar-refractivity contribution in [1.82, 2.24) is 21.0 Å². The third-order valence-corrected chi connectivity index (χ3v) is 4.47. The van der Waals surface area contributed by atoms with Crippen LogP contribution in [0.5, 0.6) is 0 Å². The summed E-state index contributed by atoms with van der Waals surface area (Å²) in [6.07, 6.45) is 1.37. The molecule has 146 valence electrons. The molecule has 0 saturated carbocycles. The average molecular weight is 392 g/mol. The number of carbonyl (C=O) groups excluding carboxylic acids is 2. The molecule has 0 radical (unpaired) electrons. The lowest BCUT2D eigenvalue weighted by atomic mass is 9.98. The molecule has 1 aliphatic rings. The highest BCUT2D eigenvalue weighted by Crippen LogP contribution is 2.30. The summed E-state index contributed by atoms with van der Waals surface area (Å²) >= 11 is 0. The predicted molar refractivity (Wildman–Crippen MR) is 101 cm³/mol. The van der Waals surface area contributed by atoms with Crippen LogP contribution >= 0.6 is 0 Å². The summed E-state index contributed by atoms with van der Waals surface area (Å²) in [6.45, 7) is 0.327. The van der Waals surface area contributed by atoms with Crippen molar-refractivity contribution in [3.63, 3.8) is 0 Å². The molecule has 1 amide bonds. The molecule has 0 spiro atoms. The summed E-state index contributed by atoms with van der Waals surface area (Å²) in [5, 5.41) is 13.2. The van der Waals surface area contributed by atoms with Gasteiger partial charge in [0, 0.05) is 11.6 Å². The SMILES string of the molecule is NC(=O)c1cc(-c2ccc(F)cc2)c2ccc(CN3C=C(C(=O)[O-])NN3)cc2n1. The number of pyridine rings is 1. The van der Waals surface area contributed by atoms with Crippen molar-refractivity contribution in [1.29, 1.82) is 0 Å². The van der Waals surface area contributed by atoms with Crippen LogP contribution < -0.4 is 21.8 Å². The summed E-state index contributed by atoms with van der Waals surface area (Å²) in [6, 6.07) is 13.0. The number of halogens is 1. The number of primary amides is 1. The van der Waals surface area contributed by atoms with Gasteiger partial charge >= 0.3 is 0 Å². The number of nitrogens with zero attached hydrogens (tertiary/aromatic N) is 2. The van der Waals surface area contributed by atoms with Gasteiger partial charge < -0.3 is 21.1 Å². The number of aliphatic carboxylic acids is 1. The number of hydrazine groups is 2. The number of hydrogen-bond donors (Lipinski definition) is 3. The van der Waals surface area contributed by atoms with Gasteiger partial charge in [-0.05, 0) is 41.0 Å². The van der Waals surface area contributed by atoms with Crippen molar-refractivity contribution in [3.05, 3.63) is 77.5 Å². The number of nitrogens with one attached hydrogen (secondary N) is 2. The zero-order chi connectivity index (χ0) is 20.5. The average Bonchev–Trinajstić information content (AvgIpc) is 3.16. The van der Waals surface area contributed by atoms with Gasteiger partial charge in [0.25, 0.3) is 5.91 Å². The number of carboxylic acids is 1. The molecule has 9 heteroatoms. The van der Waals surface area contributed by atoms with E-state index < -0.39 is 11.9 Å². The number of carboxylic acid groups (broad SMARTS) is 1. The van der Waals surface area contributed by atoms with Crippen LogP contribution in [0.2, 0.25) is 0 Å². The van der Waals surface area contributed by atoms with Crippen LogP contribution in [0.15, 0.2) is 60.4 Å². The number of nitrogens with two attached hydrogens (primary N) is 1. The van der Waals surface area contributed by atoms with E-state index in [-0.39, 0.29) is 17.2 Å². The molecular formula is C20H15FN5O3-. The number of hydrogen-bond acceptors (Lipinski definition) is 7. The monoisotopic (exact) mass is 392 g/mol. The Labute approximate surface area is 164 Å². The standard InChI is InChI=1S/C20H16FN5O3/c21-13-4-2-12(3-5-13)15-8-17(19(22)27)23-16-7-11(1-6-14(15)16)9-26-10-18(20(28)29)24-25-26/h1-8,10,24-25H,9H2,(H2,22,27)(H,28,29)/p-1. The molecule has 1 aliphatic heterocycles. The maximum absolute atomic E-state index is 13.3. The zero-order valence-electron chi connectivity index (χ0n) is 15.0. The molecule has 0 fully saturated rings. The molecule has 4 N–H and O–H groups in total. The van der Waals surface area contributed by atoms with Crippen molar-refractivity contribution >= 4 is 22.8 Å². The van der Waals surface area contributed by atoms with E-state index in [0.717, 1.165) is 16.5 Å².